The predicted octanol–water partition coefficient (Wildman–Crippen LogP) is 2.17. The Kier molecular flexibility index (Phi) is 4.88. The van der Waals surface area contributed by atoms with Gasteiger partial charge in [-0.3, -0.25) is 0 Å². The molecule has 0 aromatic heterocycles. The van der Waals surface area contributed by atoms with Crippen molar-refractivity contribution in [3.8, 4) is 0 Å². The molecule has 0 amide bonds. The quantitative estimate of drug-likeness (QED) is 0.703. The number of nitrogen functional groups attached to an aromatic ring is 1. The summed E-state index contributed by atoms with van der Waals surface area (Å²) in [6.45, 7) is 0.792. The first-order chi connectivity index (χ1) is 9.53. The third kappa shape index (κ3) is 3.64. The molecule has 1 saturated carbocycles. The molecule has 0 bridgehead atoms. The Bertz CT molecular complexity index is 552. The summed E-state index contributed by atoms with van der Waals surface area (Å²) in [5.74, 6) is 0.778. The third-order valence-corrected chi connectivity index (χ3v) is 5.36. The van der Waals surface area contributed by atoms with Crippen LogP contribution in [0.1, 0.15) is 32.1 Å². The van der Waals surface area contributed by atoms with Crippen molar-refractivity contribution < 1.29 is 8.42 Å². The molecule has 0 radical (unpaired) electrons. The molecule has 0 spiro atoms. The molecule has 0 atom stereocenters. The second-order valence-electron chi connectivity index (χ2n) is 5.33. The summed E-state index contributed by atoms with van der Waals surface area (Å²) in [6.07, 6.45) is 6.33. The normalized spacial score (nSPS) is 16.4. The van der Waals surface area contributed by atoms with Gasteiger partial charge in [-0.15, -0.1) is 0 Å². The van der Waals surface area contributed by atoms with E-state index in [9.17, 15) is 8.42 Å². The van der Waals surface area contributed by atoms with Crippen molar-refractivity contribution in [2.45, 2.75) is 37.0 Å². The lowest BCUT2D eigenvalue weighted by molar-refractivity contribution is 0.518. The second kappa shape index (κ2) is 6.45. The Labute approximate surface area is 121 Å². The summed E-state index contributed by atoms with van der Waals surface area (Å²) >= 11 is 0. The van der Waals surface area contributed by atoms with Gasteiger partial charge in [0.2, 0.25) is 10.0 Å². The number of nitrogens with one attached hydrogen (secondary N) is 2. The second-order valence-corrected chi connectivity index (χ2v) is 7.18. The molecule has 4 N–H and O–H groups in total. The standard InChI is InChI=1S/C14H23N3O2S/c1-16-20(18,19)14-10-12(15)6-7-13(14)17-9-8-11-4-2-3-5-11/h6-7,10-11,16-17H,2-5,8-9,15H2,1H3. The molecule has 1 aromatic carbocycles. The molecule has 1 aliphatic rings. The van der Waals surface area contributed by atoms with Crippen LogP contribution in [0.2, 0.25) is 0 Å². The van der Waals surface area contributed by atoms with Crippen LogP contribution in [0.25, 0.3) is 0 Å². The van der Waals surface area contributed by atoms with Gasteiger partial charge >= 0.3 is 0 Å². The Morgan fingerprint density at radius 2 is 2.00 bits per heavy atom. The Balaban J connectivity index is 2.06. The van der Waals surface area contributed by atoms with Gasteiger partial charge in [0.15, 0.2) is 0 Å². The van der Waals surface area contributed by atoms with Crippen molar-refractivity contribution in [3.05, 3.63) is 18.2 Å². The first kappa shape index (κ1) is 15.1. The van der Waals surface area contributed by atoms with Crippen LogP contribution < -0.4 is 15.8 Å². The maximum Gasteiger partial charge on any atom is 0.242 e. The van der Waals surface area contributed by atoms with Crippen LogP contribution in [-0.4, -0.2) is 22.0 Å². The Morgan fingerprint density at radius 1 is 1.30 bits per heavy atom. The van der Waals surface area contributed by atoms with Crippen LogP contribution in [0.4, 0.5) is 11.4 Å². The highest BCUT2D eigenvalue weighted by molar-refractivity contribution is 7.89. The molecule has 20 heavy (non-hydrogen) atoms. The van der Waals surface area contributed by atoms with Crippen LogP contribution in [-0.2, 0) is 10.0 Å². The summed E-state index contributed by atoms with van der Waals surface area (Å²) < 4.78 is 26.3. The number of anilines is 2. The zero-order valence-corrected chi connectivity index (χ0v) is 12.7. The smallest absolute Gasteiger partial charge is 0.242 e. The average molecular weight is 297 g/mol. The van der Waals surface area contributed by atoms with Gasteiger partial charge in [0, 0.05) is 12.2 Å². The first-order valence-corrected chi connectivity index (χ1v) is 8.58. The van der Waals surface area contributed by atoms with Crippen LogP contribution >= 0.6 is 0 Å². The minimum Gasteiger partial charge on any atom is -0.399 e. The topological polar surface area (TPSA) is 84.2 Å². The van der Waals surface area contributed by atoms with Crippen molar-refractivity contribution in [2.75, 3.05) is 24.6 Å². The minimum absolute atomic E-state index is 0.214. The lowest BCUT2D eigenvalue weighted by atomic mass is 10.0. The summed E-state index contributed by atoms with van der Waals surface area (Å²) in [7, 11) is -2.09. The lowest BCUT2D eigenvalue weighted by Crippen LogP contribution is -2.21. The molecule has 0 heterocycles. The fraction of sp³-hybridized carbons (Fsp3) is 0.571. The monoisotopic (exact) mass is 297 g/mol. The lowest BCUT2D eigenvalue weighted by Gasteiger charge is -2.14. The largest absolute Gasteiger partial charge is 0.399 e. The maximum absolute atomic E-state index is 12.0. The number of hydrogen-bond acceptors (Lipinski definition) is 4. The van der Waals surface area contributed by atoms with Crippen LogP contribution in [0, 0.1) is 5.92 Å². The number of benzene rings is 1. The zero-order valence-electron chi connectivity index (χ0n) is 11.9. The highest BCUT2D eigenvalue weighted by Gasteiger charge is 2.18. The Morgan fingerprint density at radius 3 is 2.65 bits per heavy atom. The van der Waals surface area contributed by atoms with Crippen LogP contribution in [0.3, 0.4) is 0 Å². The average Bonchev–Trinajstić information content (AvgIpc) is 2.93. The van der Waals surface area contributed by atoms with E-state index >= 15 is 0 Å². The molecule has 0 aliphatic heterocycles. The fourth-order valence-electron chi connectivity index (χ4n) is 2.73. The van der Waals surface area contributed by atoms with E-state index in [2.05, 4.69) is 10.0 Å². The van der Waals surface area contributed by atoms with E-state index in [1.54, 1.807) is 12.1 Å². The molecular formula is C14H23N3O2S. The molecule has 2 rings (SSSR count). The molecule has 1 aliphatic carbocycles. The van der Waals surface area contributed by atoms with E-state index in [-0.39, 0.29) is 4.90 Å². The molecule has 0 unspecified atom stereocenters. The highest BCUT2D eigenvalue weighted by atomic mass is 32.2. The molecular weight excluding hydrogens is 274 g/mol. The predicted molar refractivity (Wildman–Crippen MR) is 82.2 cm³/mol. The number of rotatable bonds is 6. The molecule has 1 aromatic rings. The summed E-state index contributed by atoms with van der Waals surface area (Å²) in [5, 5.41) is 3.23. The van der Waals surface area contributed by atoms with Crippen molar-refractivity contribution >= 4 is 21.4 Å². The van der Waals surface area contributed by atoms with E-state index in [0.29, 0.717) is 11.4 Å². The van der Waals surface area contributed by atoms with Gasteiger partial charge < -0.3 is 11.1 Å². The van der Waals surface area contributed by atoms with Crippen molar-refractivity contribution in [2.24, 2.45) is 5.92 Å². The first-order valence-electron chi connectivity index (χ1n) is 7.10. The van der Waals surface area contributed by atoms with Gasteiger partial charge in [0.25, 0.3) is 0 Å². The number of sulfonamides is 1. The van der Waals surface area contributed by atoms with Gasteiger partial charge in [0.1, 0.15) is 4.90 Å². The molecule has 0 saturated heterocycles. The Hall–Kier alpha value is -1.27. The van der Waals surface area contributed by atoms with Gasteiger partial charge in [-0.1, -0.05) is 25.7 Å². The number of nitrogens with two attached hydrogens (primary N) is 1. The van der Waals surface area contributed by atoms with Gasteiger partial charge in [-0.05, 0) is 37.6 Å². The summed E-state index contributed by atoms with van der Waals surface area (Å²) in [6, 6.07) is 4.94. The van der Waals surface area contributed by atoms with Crippen molar-refractivity contribution in [1.29, 1.82) is 0 Å². The molecule has 1 fully saturated rings. The van der Waals surface area contributed by atoms with Crippen LogP contribution in [0.15, 0.2) is 23.1 Å². The highest BCUT2D eigenvalue weighted by Crippen LogP contribution is 2.28. The summed E-state index contributed by atoms with van der Waals surface area (Å²) in [5.41, 5.74) is 6.75. The van der Waals surface area contributed by atoms with E-state index in [4.69, 9.17) is 5.73 Å². The summed E-state index contributed by atoms with van der Waals surface area (Å²) in [4.78, 5) is 0.214. The van der Waals surface area contributed by atoms with Crippen molar-refractivity contribution in [1.82, 2.24) is 4.72 Å². The minimum atomic E-state index is -3.49. The van der Waals surface area contributed by atoms with E-state index in [0.717, 1.165) is 18.9 Å². The molecule has 112 valence electrons. The van der Waals surface area contributed by atoms with Gasteiger partial charge in [-0.2, -0.15) is 0 Å². The molecule has 5 nitrogen and oxygen atoms in total. The molecule has 6 heteroatoms. The third-order valence-electron chi connectivity index (χ3n) is 3.91. The van der Waals surface area contributed by atoms with Gasteiger partial charge in [0.05, 0.1) is 5.69 Å². The van der Waals surface area contributed by atoms with E-state index in [1.165, 1.54) is 38.8 Å². The van der Waals surface area contributed by atoms with E-state index in [1.807, 2.05) is 0 Å². The number of hydrogen-bond donors (Lipinski definition) is 3. The van der Waals surface area contributed by atoms with E-state index < -0.39 is 10.0 Å². The zero-order chi connectivity index (χ0) is 14.6. The fourth-order valence-corrected chi connectivity index (χ4v) is 3.67. The van der Waals surface area contributed by atoms with Gasteiger partial charge in [-0.25, -0.2) is 13.1 Å². The SMILES string of the molecule is CNS(=O)(=O)c1cc(N)ccc1NCCC1CCCC1. The maximum atomic E-state index is 12.0. The van der Waals surface area contributed by atoms with Crippen LogP contribution in [0.5, 0.6) is 0 Å². The van der Waals surface area contributed by atoms with Crippen molar-refractivity contribution in [3.63, 3.8) is 0 Å².